The van der Waals surface area contributed by atoms with Gasteiger partial charge in [-0.05, 0) is 36.3 Å². The van der Waals surface area contributed by atoms with Crippen LogP contribution in [0, 0.1) is 17.3 Å². The third-order valence-corrected chi connectivity index (χ3v) is 8.14. The zero-order chi connectivity index (χ0) is 12.9. The van der Waals surface area contributed by atoms with Crippen molar-refractivity contribution in [1.82, 2.24) is 0 Å². The Labute approximate surface area is 104 Å². The minimum absolute atomic E-state index is 0.314. The van der Waals surface area contributed by atoms with E-state index < -0.39 is 8.07 Å². The SMILES string of the molecule is CC[Si](C#Cc1cc(N)cc(F)c1)(CC)CC. The molecular formula is C14H20FNSi. The standard InChI is InChI=1S/C14H20FNSi/c1-4-17(5-2,6-3)8-7-12-9-13(15)11-14(16)10-12/h9-11H,4-6,16H2,1-3H3. The highest BCUT2D eigenvalue weighted by atomic mass is 28.3. The highest BCUT2D eigenvalue weighted by Gasteiger charge is 2.24. The molecule has 0 aliphatic heterocycles. The van der Waals surface area contributed by atoms with Gasteiger partial charge in [0.1, 0.15) is 13.9 Å². The molecule has 1 aromatic rings. The first-order chi connectivity index (χ1) is 8.05. The minimum atomic E-state index is -1.46. The van der Waals surface area contributed by atoms with Gasteiger partial charge in [-0.2, -0.15) is 0 Å². The van der Waals surface area contributed by atoms with Crippen molar-refractivity contribution < 1.29 is 4.39 Å². The van der Waals surface area contributed by atoms with Gasteiger partial charge in [0.25, 0.3) is 0 Å². The van der Waals surface area contributed by atoms with Crippen molar-refractivity contribution in [2.75, 3.05) is 5.73 Å². The molecule has 0 fully saturated rings. The summed E-state index contributed by atoms with van der Waals surface area (Å²) < 4.78 is 13.2. The molecule has 0 saturated heterocycles. The molecule has 0 radical (unpaired) electrons. The minimum Gasteiger partial charge on any atom is -0.399 e. The van der Waals surface area contributed by atoms with Crippen LogP contribution in [-0.4, -0.2) is 8.07 Å². The second-order valence-corrected chi connectivity index (χ2v) is 9.30. The Morgan fingerprint density at radius 2 is 1.71 bits per heavy atom. The van der Waals surface area contributed by atoms with E-state index in [0.717, 1.165) is 18.1 Å². The maximum atomic E-state index is 13.2. The van der Waals surface area contributed by atoms with Crippen LogP contribution >= 0.6 is 0 Å². The molecule has 2 N–H and O–H groups in total. The van der Waals surface area contributed by atoms with Crippen LogP contribution in [0.3, 0.4) is 0 Å². The molecule has 0 aliphatic carbocycles. The van der Waals surface area contributed by atoms with Gasteiger partial charge < -0.3 is 5.73 Å². The second-order valence-electron chi connectivity index (χ2n) is 4.36. The summed E-state index contributed by atoms with van der Waals surface area (Å²) in [5.41, 5.74) is 10.1. The monoisotopic (exact) mass is 249 g/mol. The van der Waals surface area contributed by atoms with Crippen LogP contribution in [-0.2, 0) is 0 Å². The van der Waals surface area contributed by atoms with E-state index in [4.69, 9.17) is 5.73 Å². The highest BCUT2D eigenvalue weighted by molar-refractivity contribution is 6.87. The lowest BCUT2D eigenvalue weighted by Crippen LogP contribution is -2.29. The lowest BCUT2D eigenvalue weighted by molar-refractivity contribution is 0.628. The number of hydrogen-bond donors (Lipinski definition) is 1. The van der Waals surface area contributed by atoms with Crippen molar-refractivity contribution in [3.05, 3.63) is 29.6 Å². The van der Waals surface area contributed by atoms with Crippen molar-refractivity contribution in [1.29, 1.82) is 0 Å². The summed E-state index contributed by atoms with van der Waals surface area (Å²) in [6, 6.07) is 7.95. The van der Waals surface area contributed by atoms with Crippen LogP contribution in [0.2, 0.25) is 18.1 Å². The molecule has 1 nitrogen and oxygen atoms in total. The average molecular weight is 249 g/mol. The van der Waals surface area contributed by atoms with Crippen molar-refractivity contribution in [3.63, 3.8) is 0 Å². The van der Waals surface area contributed by atoms with Gasteiger partial charge in [0, 0.05) is 11.3 Å². The summed E-state index contributed by atoms with van der Waals surface area (Å²) in [7, 11) is -1.46. The molecule has 0 unspecified atom stereocenters. The van der Waals surface area contributed by atoms with Gasteiger partial charge in [-0.3, -0.25) is 0 Å². The molecule has 0 spiro atoms. The number of benzene rings is 1. The molecule has 17 heavy (non-hydrogen) atoms. The summed E-state index contributed by atoms with van der Waals surface area (Å²) in [6.45, 7) is 6.61. The Balaban J connectivity index is 3.04. The fourth-order valence-electron chi connectivity index (χ4n) is 1.90. The molecule has 0 amide bonds. The van der Waals surface area contributed by atoms with E-state index in [-0.39, 0.29) is 5.82 Å². The Morgan fingerprint density at radius 3 is 2.18 bits per heavy atom. The summed E-state index contributed by atoms with van der Waals surface area (Å²) in [5.74, 6) is 2.80. The van der Waals surface area contributed by atoms with Gasteiger partial charge in [-0.1, -0.05) is 26.7 Å². The Bertz CT molecular complexity index is 413. The lowest BCUT2D eigenvalue weighted by Gasteiger charge is -2.20. The van der Waals surface area contributed by atoms with Crippen LogP contribution in [0.25, 0.3) is 0 Å². The fraction of sp³-hybridized carbons (Fsp3) is 0.429. The summed E-state index contributed by atoms with van der Waals surface area (Å²) >= 11 is 0. The maximum Gasteiger partial charge on any atom is 0.138 e. The first-order valence-corrected chi connectivity index (χ1v) is 8.76. The first-order valence-electron chi connectivity index (χ1n) is 6.14. The molecule has 1 rings (SSSR count). The largest absolute Gasteiger partial charge is 0.399 e. The third-order valence-electron chi connectivity index (χ3n) is 3.42. The van der Waals surface area contributed by atoms with Crippen molar-refractivity contribution in [2.45, 2.75) is 38.9 Å². The maximum absolute atomic E-state index is 13.2. The zero-order valence-corrected chi connectivity index (χ0v) is 11.8. The lowest BCUT2D eigenvalue weighted by atomic mass is 10.2. The fourth-order valence-corrected chi connectivity index (χ4v) is 4.34. The smallest absolute Gasteiger partial charge is 0.138 e. The molecule has 0 aliphatic rings. The predicted octanol–water partition coefficient (Wildman–Crippen LogP) is 3.81. The number of hydrogen-bond acceptors (Lipinski definition) is 1. The average Bonchev–Trinajstić information content (AvgIpc) is 2.30. The van der Waals surface area contributed by atoms with Gasteiger partial charge in [0.15, 0.2) is 0 Å². The number of halogens is 1. The van der Waals surface area contributed by atoms with Gasteiger partial charge >= 0.3 is 0 Å². The first kappa shape index (κ1) is 13.8. The van der Waals surface area contributed by atoms with E-state index in [1.165, 1.54) is 12.1 Å². The van der Waals surface area contributed by atoms with E-state index in [0.29, 0.717) is 11.3 Å². The predicted molar refractivity (Wildman–Crippen MR) is 74.9 cm³/mol. The number of rotatable bonds is 3. The molecule has 0 bridgehead atoms. The van der Waals surface area contributed by atoms with Crippen molar-refractivity contribution in [2.24, 2.45) is 0 Å². The van der Waals surface area contributed by atoms with Crippen molar-refractivity contribution in [3.8, 4) is 11.5 Å². The van der Waals surface area contributed by atoms with Crippen LogP contribution in [0.4, 0.5) is 10.1 Å². The number of anilines is 1. The van der Waals surface area contributed by atoms with E-state index in [1.54, 1.807) is 6.07 Å². The third kappa shape index (κ3) is 3.60. The van der Waals surface area contributed by atoms with Gasteiger partial charge in [0.2, 0.25) is 0 Å². The van der Waals surface area contributed by atoms with Crippen LogP contribution < -0.4 is 5.73 Å². The summed E-state index contributed by atoms with van der Waals surface area (Å²) in [4.78, 5) is 0. The van der Waals surface area contributed by atoms with E-state index in [2.05, 4.69) is 32.2 Å². The quantitative estimate of drug-likeness (QED) is 0.492. The topological polar surface area (TPSA) is 26.0 Å². The van der Waals surface area contributed by atoms with Gasteiger partial charge in [-0.15, -0.1) is 5.54 Å². The number of nitrogen functional groups attached to an aromatic ring is 1. The van der Waals surface area contributed by atoms with Crippen LogP contribution in [0.5, 0.6) is 0 Å². The molecule has 0 aromatic heterocycles. The molecule has 0 saturated carbocycles. The molecule has 1 aromatic carbocycles. The van der Waals surface area contributed by atoms with Gasteiger partial charge in [-0.25, -0.2) is 4.39 Å². The van der Waals surface area contributed by atoms with Crippen molar-refractivity contribution >= 4 is 13.8 Å². The van der Waals surface area contributed by atoms with E-state index in [9.17, 15) is 4.39 Å². The molecule has 3 heteroatoms. The Hall–Kier alpha value is -1.27. The molecular weight excluding hydrogens is 229 g/mol. The normalized spacial score (nSPS) is 10.8. The van der Waals surface area contributed by atoms with Crippen LogP contribution in [0.15, 0.2) is 18.2 Å². The van der Waals surface area contributed by atoms with Gasteiger partial charge in [0.05, 0.1) is 0 Å². The number of nitrogens with two attached hydrogens (primary N) is 1. The summed E-state index contributed by atoms with van der Waals surface area (Å²) in [6.07, 6.45) is 0. The van der Waals surface area contributed by atoms with E-state index >= 15 is 0 Å². The summed E-state index contributed by atoms with van der Waals surface area (Å²) in [5, 5.41) is 0. The van der Waals surface area contributed by atoms with Crippen LogP contribution in [0.1, 0.15) is 26.3 Å². The molecule has 0 heterocycles. The molecule has 92 valence electrons. The van der Waals surface area contributed by atoms with E-state index in [1.807, 2.05) is 0 Å². The molecule has 0 atom stereocenters. The Kier molecular flexibility index (Phi) is 4.77. The Morgan fingerprint density at radius 1 is 1.12 bits per heavy atom. The zero-order valence-electron chi connectivity index (χ0n) is 10.8. The highest BCUT2D eigenvalue weighted by Crippen LogP contribution is 2.19. The second kappa shape index (κ2) is 5.88.